The van der Waals surface area contributed by atoms with Gasteiger partial charge in [-0.1, -0.05) is 5.16 Å². The van der Waals surface area contributed by atoms with Gasteiger partial charge in [0.15, 0.2) is 10.8 Å². The Bertz CT molecular complexity index is 1450. The molecule has 1 aliphatic carbocycles. The number of nitrogens with one attached hydrogen (secondary N) is 3. The van der Waals surface area contributed by atoms with Crippen molar-refractivity contribution in [1.29, 1.82) is 0 Å². The molecule has 216 valence electrons. The van der Waals surface area contributed by atoms with E-state index in [0.717, 1.165) is 35.6 Å². The number of aromatic nitrogens is 4. The summed E-state index contributed by atoms with van der Waals surface area (Å²) in [5.74, 6) is -3.37. The van der Waals surface area contributed by atoms with E-state index >= 15 is 0 Å². The van der Waals surface area contributed by atoms with Gasteiger partial charge in [0.05, 0.1) is 18.4 Å². The molecule has 0 radical (unpaired) electrons. The molecule has 2 aliphatic heterocycles. The van der Waals surface area contributed by atoms with Gasteiger partial charge < -0.3 is 31.6 Å². The van der Waals surface area contributed by atoms with Crippen molar-refractivity contribution in [3.8, 4) is 0 Å². The largest absolute Gasteiger partial charge is 0.478 e. The van der Waals surface area contributed by atoms with Crippen LogP contribution in [0.2, 0.25) is 0 Å². The fraction of sp³-hybridized carbons (Fsp3) is 0.550. The number of carbonyl (C=O) groups excluding carboxylic acids is 2. The molecule has 5 rings (SSSR count). The van der Waals surface area contributed by atoms with Crippen LogP contribution in [0.5, 0.6) is 0 Å². The zero-order valence-electron chi connectivity index (χ0n) is 20.8. The molecule has 2 aromatic rings. The highest BCUT2D eigenvalue weighted by Crippen LogP contribution is 2.40. The van der Waals surface area contributed by atoms with E-state index < -0.39 is 51.5 Å². The third-order valence-electron chi connectivity index (χ3n) is 6.66. The second-order valence-corrected chi connectivity index (χ2v) is 11.7. The van der Waals surface area contributed by atoms with Crippen LogP contribution in [0.3, 0.4) is 0 Å². The summed E-state index contributed by atoms with van der Waals surface area (Å²) in [6.07, 6.45) is 2.80. The van der Waals surface area contributed by atoms with E-state index in [4.69, 9.17) is 10.6 Å². The Labute approximate surface area is 230 Å². The van der Waals surface area contributed by atoms with E-state index in [1.54, 1.807) is 0 Å². The number of β-lactam (4-membered cyclic amide) rings is 1. The first-order valence-corrected chi connectivity index (χ1v) is 14.4. The van der Waals surface area contributed by atoms with Gasteiger partial charge in [0.2, 0.25) is 5.60 Å². The van der Waals surface area contributed by atoms with E-state index in [1.807, 2.05) is 0 Å². The zero-order valence-corrected chi connectivity index (χ0v) is 22.4. The highest BCUT2D eigenvalue weighted by Gasteiger charge is 2.56. The minimum atomic E-state index is -4.97. The number of hydrogen-bond donors (Lipinski definition) is 6. The first-order chi connectivity index (χ1) is 19.0. The fourth-order valence-corrected chi connectivity index (χ4v) is 5.71. The maximum absolute atomic E-state index is 13.2. The molecule has 4 heterocycles. The van der Waals surface area contributed by atoms with Gasteiger partial charge in [-0.15, -0.1) is 11.3 Å². The number of amides is 2. The van der Waals surface area contributed by atoms with Crippen molar-refractivity contribution in [2.24, 2.45) is 5.16 Å². The number of thiazole rings is 1. The lowest BCUT2D eigenvalue weighted by molar-refractivity contribution is -0.153. The maximum Gasteiger partial charge on any atom is 0.362 e. The molecule has 20 heteroatoms. The Morgan fingerprint density at radius 3 is 2.75 bits per heavy atom. The maximum atomic E-state index is 13.2. The molecular weight excluding hydrogens is 572 g/mol. The summed E-state index contributed by atoms with van der Waals surface area (Å²) in [7, 11) is -4.97. The van der Waals surface area contributed by atoms with Gasteiger partial charge in [0.25, 0.3) is 11.8 Å². The van der Waals surface area contributed by atoms with E-state index in [2.05, 4.69) is 36.3 Å². The molecule has 2 amide bonds. The van der Waals surface area contributed by atoms with Crippen molar-refractivity contribution >= 4 is 50.3 Å². The Morgan fingerprint density at radius 2 is 2.15 bits per heavy atom. The lowest BCUT2D eigenvalue weighted by Crippen LogP contribution is -2.73. The van der Waals surface area contributed by atoms with Crippen LogP contribution in [0.4, 0.5) is 5.13 Å². The Balaban J connectivity index is 1.32. The van der Waals surface area contributed by atoms with Crippen LogP contribution in [0, 0.1) is 0 Å². The minimum absolute atomic E-state index is 0.0421. The number of nitrogens with zero attached hydrogens (tertiary/aromatic N) is 6. The highest BCUT2D eigenvalue weighted by atomic mass is 32.2. The number of rotatable bonds is 12. The summed E-state index contributed by atoms with van der Waals surface area (Å²) in [6, 6.07) is -2.43. The molecule has 0 aromatic carbocycles. The molecule has 3 fully saturated rings. The van der Waals surface area contributed by atoms with Crippen LogP contribution in [-0.2, 0) is 42.6 Å². The normalized spacial score (nSPS) is 24.0. The molecule has 0 bridgehead atoms. The molecule has 2 saturated heterocycles. The number of carbonyl (C=O) groups is 3. The summed E-state index contributed by atoms with van der Waals surface area (Å²) in [4.78, 5) is 47.6. The molecule has 0 spiro atoms. The van der Waals surface area contributed by atoms with E-state index in [0.29, 0.717) is 12.2 Å². The first kappa shape index (κ1) is 27.8. The van der Waals surface area contributed by atoms with Crippen LogP contribution in [0.1, 0.15) is 30.7 Å². The van der Waals surface area contributed by atoms with Crippen LogP contribution in [0.25, 0.3) is 0 Å². The van der Waals surface area contributed by atoms with Gasteiger partial charge in [-0.05, 0) is 13.0 Å². The van der Waals surface area contributed by atoms with Gasteiger partial charge in [0.1, 0.15) is 17.8 Å². The molecule has 18 nitrogen and oxygen atoms in total. The zero-order chi connectivity index (χ0) is 28.7. The summed E-state index contributed by atoms with van der Waals surface area (Å²) < 4.78 is 33.7. The predicted octanol–water partition coefficient (Wildman–Crippen LogP) is -2.70. The van der Waals surface area contributed by atoms with Crippen molar-refractivity contribution in [3.05, 3.63) is 23.0 Å². The summed E-state index contributed by atoms with van der Waals surface area (Å²) in [5.41, 5.74) is 4.14. The topological polar surface area (TPSA) is 256 Å². The van der Waals surface area contributed by atoms with Crippen molar-refractivity contribution in [2.75, 3.05) is 18.8 Å². The summed E-state index contributed by atoms with van der Waals surface area (Å²) >= 11 is 0.983. The van der Waals surface area contributed by atoms with Crippen molar-refractivity contribution in [2.45, 2.75) is 56.1 Å². The predicted molar refractivity (Wildman–Crippen MR) is 136 cm³/mol. The SMILES string of the molecule is Nc1nc(/C(=N/OC2(C(=O)O)CC2)C(=O)N[C@@H]2C(=O)N(S(=O)(=O)O)[C@@H]2Cn2ncc(CN[C@H]3CCNC3)n2)cs1. The highest BCUT2D eigenvalue weighted by molar-refractivity contribution is 7.84. The average Bonchev–Trinajstić information content (AvgIpc) is 3.22. The second kappa shape index (κ2) is 10.7. The van der Waals surface area contributed by atoms with Crippen LogP contribution in [-0.4, -0.2) is 103 Å². The Morgan fingerprint density at radius 1 is 1.38 bits per heavy atom. The quantitative estimate of drug-likeness (QED) is 0.0629. The van der Waals surface area contributed by atoms with Crippen LogP contribution in [0.15, 0.2) is 16.7 Å². The molecule has 1 saturated carbocycles. The van der Waals surface area contributed by atoms with Crippen molar-refractivity contribution < 1.29 is 37.3 Å². The number of carboxylic acids is 1. The standard InChI is InChI=1S/C20H26N10O8S2/c21-19-25-12(9-39-19)14(28-38-20(2-3-20)18(33)34)16(31)26-15-13(30(17(15)32)40(35,36)37)8-29-24-7-11(27-29)6-23-10-1-4-22-5-10/h7,9-10,13,15,22-23H,1-6,8H2,(H2,21,25)(H,26,31)(H,33,34)(H,35,36,37)/b28-14-/t10-,13+,15-/m0/s1. The molecule has 2 aromatic heterocycles. The number of hydrogen-bond acceptors (Lipinski definition) is 14. The lowest BCUT2D eigenvalue weighted by Gasteiger charge is -2.43. The van der Waals surface area contributed by atoms with Gasteiger partial charge in [-0.3, -0.25) is 14.1 Å². The van der Waals surface area contributed by atoms with Gasteiger partial charge >= 0.3 is 16.3 Å². The number of anilines is 1. The van der Waals surface area contributed by atoms with E-state index in [-0.39, 0.29) is 40.6 Å². The lowest BCUT2D eigenvalue weighted by atomic mass is 9.98. The fourth-order valence-electron chi connectivity index (χ4n) is 4.29. The number of carboxylic acid groups (broad SMARTS) is 1. The van der Waals surface area contributed by atoms with Crippen molar-refractivity contribution in [3.63, 3.8) is 0 Å². The third-order valence-corrected chi connectivity index (χ3v) is 8.28. The average molecular weight is 599 g/mol. The Hall–Kier alpha value is -3.72. The molecule has 7 N–H and O–H groups in total. The van der Waals surface area contributed by atoms with E-state index in [9.17, 15) is 32.5 Å². The van der Waals surface area contributed by atoms with Gasteiger partial charge in [-0.25, -0.2) is 14.1 Å². The third kappa shape index (κ3) is 5.75. The Kier molecular flexibility index (Phi) is 7.44. The minimum Gasteiger partial charge on any atom is -0.478 e. The first-order valence-electron chi connectivity index (χ1n) is 12.1. The van der Waals surface area contributed by atoms with Crippen molar-refractivity contribution in [1.82, 2.24) is 40.2 Å². The summed E-state index contributed by atoms with van der Waals surface area (Å²) in [6.45, 7) is 1.86. The number of oxime groups is 1. The van der Waals surface area contributed by atoms with Gasteiger partial charge in [0, 0.05) is 37.4 Å². The molecular formula is C20H26N10O8S2. The molecule has 3 atom stereocenters. The number of nitrogens with two attached hydrogens (primary N) is 1. The smallest absolute Gasteiger partial charge is 0.362 e. The van der Waals surface area contributed by atoms with E-state index in [1.165, 1.54) is 11.6 Å². The monoisotopic (exact) mass is 598 g/mol. The molecule has 40 heavy (non-hydrogen) atoms. The summed E-state index contributed by atoms with van der Waals surface area (Å²) in [5, 5.41) is 31.8. The number of aliphatic carboxylic acids is 1. The molecule has 0 unspecified atom stereocenters. The van der Waals surface area contributed by atoms with Gasteiger partial charge in [-0.2, -0.15) is 23.4 Å². The van der Waals surface area contributed by atoms with Crippen LogP contribution < -0.4 is 21.7 Å². The molecule has 3 aliphatic rings. The number of nitrogen functional groups attached to an aromatic ring is 1. The second-order valence-electron chi connectivity index (χ2n) is 9.49. The van der Waals surface area contributed by atoms with Crippen LogP contribution >= 0.6 is 11.3 Å².